The van der Waals surface area contributed by atoms with E-state index in [-0.39, 0.29) is 17.9 Å². The second kappa shape index (κ2) is 15.2. The van der Waals surface area contributed by atoms with Gasteiger partial charge in [-0.1, -0.05) is 42.8 Å². The zero-order chi connectivity index (χ0) is 37.7. The average molecular weight is 753 g/mol. The van der Waals surface area contributed by atoms with Crippen molar-refractivity contribution in [2.24, 2.45) is 20.0 Å². The highest BCUT2D eigenvalue weighted by Crippen LogP contribution is 2.38. The Balaban J connectivity index is 0.961. The fraction of sp³-hybridized carbons (Fsp3) is 0.524. The fourth-order valence-electron chi connectivity index (χ4n) is 9.41. The lowest BCUT2D eigenvalue weighted by Crippen LogP contribution is -2.42. The Labute approximate surface area is 323 Å². The lowest BCUT2D eigenvalue weighted by molar-refractivity contribution is 0.0668. The highest BCUT2D eigenvalue weighted by atomic mass is 35.5. The maximum Gasteiger partial charge on any atom is 0.291 e. The van der Waals surface area contributed by atoms with Gasteiger partial charge in [0.1, 0.15) is 0 Å². The number of hydrogen-bond acceptors (Lipinski definition) is 7. The van der Waals surface area contributed by atoms with Crippen LogP contribution in [0.3, 0.4) is 0 Å². The van der Waals surface area contributed by atoms with E-state index in [2.05, 4.69) is 27.4 Å². The van der Waals surface area contributed by atoms with E-state index in [1.54, 1.807) is 6.07 Å². The summed E-state index contributed by atoms with van der Waals surface area (Å²) in [5, 5.41) is 16.6. The van der Waals surface area contributed by atoms with Crippen molar-refractivity contribution in [3.8, 4) is 11.1 Å². The standard InChI is InChI=1S/C42H53ClN8O3/c1-25-11-13-27(14-12-25)50-21-19-37-34(23-50)45-40(49(37)4)42(54)47-33-10-6-8-31(38(33)43)30-7-5-9-32(26(30)2)46-41(53)39-44-35-24-51(22-20-36(35)48(39)3)28-15-17-29(52)18-16-28/h5-10,25,27-29,52H,11-24H2,1-4H3,(H,46,53)(H,47,54). The van der Waals surface area contributed by atoms with Gasteiger partial charge in [-0.05, 0) is 87.5 Å². The number of imidazole rings is 2. The van der Waals surface area contributed by atoms with E-state index in [4.69, 9.17) is 21.6 Å². The summed E-state index contributed by atoms with van der Waals surface area (Å²) >= 11 is 7.05. The number of hydrogen-bond donors (Lipinski definition) is 3. The third-order valence-corrected chi connectivity index (χ3v) is 13.2. The third-order valence-electron chi connectivity index (χ3n) is 12.8. The van der Waals surface area contributed by atoms with Crippen molar-refractivity contribution in [1.29, 1.82) is 0 Å². The molecule has 3 N–H and O–H groups in total. The normalized spacial score (nSPS) is 23.4. The minimum Gasteiger partial charge on any atom is -0.393 e. The predicted octanol–water partition coefficient (Wildman–Crippen LogP) is 6.89. The van der Waals surface area contributed by atoms with Crippen molar-refractivity contribution >= 4 is 34.8 Å². The summed E-state index contributed by atoms with van der Waals surface area (Å²) in [6.07, 6.45) is 10.3. The highest BCUT2D eigenvalue weighted by Gasteiger charge is 2.33. The monoisotopic (exact) mass is 752 g/mol. The van der Waals surface area contributed by atoms with E-state index in [1.165, 1.54) is 25.7 Å². The van der Waals surface area contributed by atoms with Gasteiger partial charge in [0.05, 0.1) is 28.2 Å². The number of aromatic nitrogens is 4. The van der Waals surface area contributed by atoms with Crippen LogP contribution in [0, 0.1) is 12.8 Å². The molecule has 0 unspecified atom stereocenters. The number of carbonyl (C=O) groups excluding carboxylic acids is 2. The molecule has 4 aromatic rings. The number of amides is 2. The molecule has 2 amide bonds. The fourth-order valence-corrected chi connectivity index (χ4v) is 9.69. The first-order chi connectivity index (χ1) is 26.0. The topological polar surface area (TPSA) is 121 Å². The number of nitrogens with zero attached hydrogens (tertiary/aromatic N) is 6. The Morgan fingerprint density at radius 1 is 0.722 bits per heavy atom. The first-order valence-electron chi connectivity index (χ1n) is 19.8. The molecule has 4 heterocycles. The molecule has 0 radical (unpaired) electrons. The van der Waals surface area contributed by atoms with Gasteiger partial charge in [0.2, 0.25) is 0 Å². The van der Waals surface area contributed by atoms with Crippen LogP contribution in [0.5, 0.6) is 0 Å². The summed E-state index contributed by atoms with van der Waals surface area (Å²) in [7, 11) is 3.85. The van der Waals surface area contributed by atoms with Gasteiger partial charge < -0.3 is 24.9 Å². The second-order valence-corrected chi connectivity index (χ2v) is 16.5. The molecule has 54 heavy (non-hydrogen) atoms. The molecule has 0 saturated heterocycles. The van der Waals surface area contributed by atoms with Crippen LogP contribution >= 0.6 is 11.6 Å². The number of anilines is 2. The Kier molecular flexibility index (Phi) is 10.4. The van der Waals surface area contributed by atoms with Crippen LogP contribution in [0.2, 0.25) is 5.02 Å². The van der Waals surface area contributed by atoms with E-state index >= 15 is 0 Å². The summed E-state index contributed by atoms with van der Waals surface area (Å²) in [5.74, 6) is 1.03. The van der Waals surface area contributed by atoms with Crippen LogP contribution in [0.1, 0.15) is 108 Å². The minimum absolute atomic E-state index is 0.182. The summed E-state index contributed by atoms with van der Waals surface area (Å²) in [4.78, 5) is 42.2. The van der Waals surface area contributed by atoms with Crippen molar-refractivity contribution < 1.29 is 14.7 Å². The maximum atomic E-state index is 13.7. The predicted molar refractivity (Wildman–Crippen MR) is 212 cm³/mol. The van der Waals surface area contributed by atoms with Crippen molar-refractivity contribution in [2.75, 3.05) is 23.7 Å². The van der Waals surface area contributed by atoms with Gasteiger partial charge in [0.15, 0.2) is 11.6 Å². The van der Waals surface area contributed by atoms with Crippen molar-refractivity contribution in [1.82, 2.24) is 28.9 Å². The molecular formula is C42H53ClN8O3. The smallest absolute Gasteiger partial charge is 0.291 e. The molecule has 2 aliphatic heterocycles. The lowest BCUT2D eigenvalue weighted by Gasteiger charge is -2.38. The Morgan fingerprint density at radius 2 is 1.20 bits per heavy atom. The van der Waals surface area contributed by atoms with Gasteiger partial charge in [0.25, 0.3) is 11.8 Å². The number of aliphatic hydroxyl groups excluding tert-OH is 1. The Morgan fingerprint density at radius 3 is 1.76 bits per heavy atom. The number of carbonyl (C=O) groups is 2. The molecule has 11 nitrogen and oxygen atoms in total. The molecule has 12 heteroatoms. The molecule has 2 aromatic heterocycles. The zero-order valence-corrected chi connectivity index (χ0v) is 32.8. The molecule has 2 saturated carbocycles. The molecule has 2 aromatic carbocycles. The molecule has 4 aliphatic rings. The first-order valence-corrected chi connectivity index (χ1v) is 20.2. The van der Waals surface area contributed by atoms with Crippen molar-refractivity contribution in [3.63, 3.8) is 0 Å². The average Bonchev–Trinajstić information content (AvgIpc) is 3.69. The van der Waals surface area contributed by atoms with E-state index in [9.17, 15) is 14.7 Å². The maximum absolute atomic E-state index is 13.7. The summed E-state index contributed by atoms with van der Waals surface area (Å²) in [6, 6.07) is 12.4. The minimum atomic E-state index is -0.292. The third kappa shape index (κ3) is 7.11. The van der Waals surface area contributed by atoms with Crippen LogP contribution in [-0.2, 0) is 40.0 Å². The molecule has 8 rings (SSSR count). The van der Waals surface area contributed by atoms with Crippen LogP contribution in [-0.4, -0.2) is 77.1 Å². The number of fused-ring (bicyclic) bond motifs is 2. The van der Waals surface area contributed by atoms with Crippen molar-refractivity contribution in [3.05, 3.63) is 81.4 Å². The van der Waals surface area contributed by atoms with Gasteiger partial charge >= 0.3 is 0 Å². The van der Waals surface area contributed by atoms with E-state index in [1.807, 2.05) is 60.5 Å². The van der Waals surface area contributed by atoms with E-state index in [0.717, 1.165) is 110 Å². The summed E-state index contributed by atoms with van der Waals surface area (Å²) in [6.45, 7) is 7.74. The van der Waals surface area contributed by atoms with Gasteiger partial charge in [-0.25, -0.2) is 9.97 Å². The zero-order valence-electron chi connectivity index (χ0n) is 32.0. The first kappa shape index (κ1) is 36.9. The van der Waals surface area contributed by atoms with Gasteiger partial charge in [0, 0.05) is 87.8 Å². The molecule has 0 bridgehead atoms. The largest absolute Gasteiger partial charge is 0.393 e. The highest BCUT2D eigenvalue weighted by molar-refractivity contribution is 6.36. The molecule has 0 spiro atoms. The quantitative estimate of drug-likeness (QED) is 0.188. The van der Waals surface area contributed by atoms with Crippen LogP contribution in [0.25, 0.3) is 11.1 Å². The number of aliphatic hydroxyl groups is 1. The molecule has 2 aliphatic carbocycles. The van der Waals surface area contributed by atoms with Crippen LogP contribution in [0.4, 0.5) is 11.4 Å². The number of nitrogens with one attached hydrogen (secondary N) is 2. The Hall–Kier alpha value is -4.03. The molecule has 286 valence electrons. The van der Waals surface area contributed by atoms with E-state index in [0.29, 0.717) is 40.1 Å². The van der Waals surface area contributed by atoms with Gasteiger partial charge in [-0.15, -0.1) is 0 Å². The number of benzene rings is 2. The van der Waals surface area contributed by atoms with Crippen LogP contribution in [0.15, 0.2) is 36.4 Å². The second-order valence-electron chi connectivity index (χ2n) is 16.1. The molecule has 0 atom stereocenters. The van der Waals surface area contributed by atoms with Crippen LogP contribution < -0.4 is 10.6 Å². The molecule has 2 fully saturated rings. The molecular weight excluding hydrogens is 700 g/mol. The number of halogens is 1. The lowest BCUT2D eigenvalue weighted by atomic mass is 9.86. The van der Waals surface area contributed by atoms with Gasteiger partial charge in [-0.2, -0.15) is 0 Å². The summed E-state index contributed by atoms with van der Waals surface area (Å²) < 4.78 is 3.87. The number of rotatable bonds is 7. The van der Waals surface area contributed by atoms with E-state index < -0.39 is 0 Å². The summed E-state index contributed by atoms with van der Waals surface area (Å²) in [5.41, 5.74) is 7.82. The Bertz CT molecular complexity index is 1910. The van der Waals surface area contributed by atoms with Gasteiger partial charge in [-0.3, -0.25) is 19.4 Å². The van der Waals surface area contributed by atoms with Crippen molar-refractivity contribution in [2.45, 2.75) is 109 Å². The SMILES string of the molecule is Cc1c(NC(=O)c2nc3c(n2C)CCN(C2CCC(O)CC2)C3)cccc1-c1cccc(NC(=O)c2nc3c(n2C)CCN(C2CCC(C)CC2)C3)c1Cl.